The number of aromatic carboxylic acids is 1. The highest BCUT2D eigenvalue weighted by Crippen LogP contribution is 2.30. The van der Waals surface area contributed by atoms with Crippen molar-refractivity contribution in [3.05, 3.63) is 39.2 Å². The SMILES string of the molecule is Cc1cc(C(C)Nc2nccc(C(=O)O)c2N)c(C)s1. The number of aromatic nitrogens is 1. The predicted molar refractivity (Wildman–Crippen MR) is 81.4 cm³/mol. The Bertz CT molecular complexity index is 652. The number of nitrogens with zero attached hydrogens (tertiary/aromatic N) is 1. The van der Waals surface area contributed by atoms with E-state index in [1.165, 1.54) is 27.6 Å². The van der Waals surface area contributed by atoms with Crippen LogP contribution in [0.15, 0.2) is 18.3 Å². The molecule has 5 nitrogen and oxygen atoms in total. The molecule has 6 heteroatoms. The molecule has 2 rings (SSSR count). The molecule has 2 heterocycles. The smallest absolute Gasteiger partial charge is 0.337 e. The van der Waals surface area contributed by atoms with Gasteiger partial charge in [0, 0.05) is 16.0 Å². The van der Waals surface area contributed by atoms with Gasteiger partial charge in [0.15, 0.2) is 5.82 Å². The zero-order chi connectivity index (χ0) is 14.9. The van der Waals surface area contributed by atoms with Crippen LogP contribution in [-0.4, -0.2) is 16.1 Å². The number of thiophene rings is 1. The first-order valence-corrected chi connectivity index (χ1v) is 7.03. The Morgan fingerprint density at radius 3 is 2.75 bits per heavy atom. The lowest BCUT2D eigenvalue weighted by Gasteiger charge is -2.16. The van der Waals surface area contributed by atoms with E-state index < -0.39 is 5.97 Å². The number of pyridine rings is 1. The van der Waals surface area contributed by atoms with E-state index in [2.05, 4.69) is 30.2 Å². The Morgan fingerprint density at radius 2 is 2.20 bits per heavy atom. The number of anilines is 2. The highest BCUT2D eigenvalue weighted by molar-refractivity contribution is 7.12. The molecule has 0 bridgehead atoms. The van der Waals surface area contributed by atoms with Gasteiger partial charge < -0.3 is 16.2 Å². The van der Waals surface area contributed by atoms with E-state index in [0.717, 1.165) is 0 Å². The van der Waals surface area contributed by atoms with E-state index in [0.29, 0.717) is 5.82 Å². The number of carbonyl (C=O) groups is 1. The summed E-state index contributed by atoms with van der Waals surface area (Å²) >= 11 is 1.73. The maximum atomic E-state index is 11.1. The summed E-state index contributed by atoms with van der Waals surface area (Å²) in [5.74, 6) is -0.649. The van der Waals surface area contributed by atoms with Gasteiger partial charge in [-0.15, -0.1) is 11.3 Å². The quantitative estimate of drug-likeness (QED) is 0.805. The molecule has 0 radical (unpaired) electrons. The fourth-order valence-electron chi connectivity index (χ4n) is 2.14. The van der Waals surface area contributed by atoms with E-state index in [9.17, 15) is 4.79 Å². The first-order valence-electron chi connectivity index (χ1n) is 6.21. The van der Waals surface area contributed by atoms with Crippen molar-refractivity contribution in [3.8, 4) is 0 Å². The number of nitrogen functional groups attached to an aromatic ring is 1. The molecule has 0 aliphatic heterocycles. The minimum absolute atomic E-state index is 0.0128. The molecule has 2 aromatic rings. The molecule has 0 aliphatic carbocycles. The highest BCUT2D eigenvalue weighted by Gasteiger charge is 2.16. The second-order valence-corrected chi connectivity index (χ2v) is 6.12. The lowest BCUT2D eigenvalue weighted by atomic mass is 10.1. The van der Waals surface area contributed by atoms with E-state index in [4.69, 9.17) is 10.8 Å². The Balaban J connectivity index is 2.28. The number of rotatable bonds is 4. The molecule has 1 atom stereocenters. The van der Waals surface area contributed by atoms with Crippen molar-refractivity contribution in [2.45, 2.75) is 26.8 Å². The first kappa shape index (κ1) is 14.3. The number of carboxylic acids is 1. The largest absolute Gasteiger partial charge is 0.478 e. The molecule has 0 saturated heterocycles. The van der Waals surface area contributed by atoms with Crippen LogP contribution < -0.4 is 11.1 Å². The van der Waals surface area contributed by atoms with Gasteiger partial charge in [-0.3, -0.25) is 0 Å². The van der Waals surface area contributed by atoms with E-state index >= 15 is 0 Å². The van der Waals surface area contributed by atoms with Crippen LogP contribution in [0.3, 0.4) is 0 Å². The van der Waals surface area contributed by atoms with Gasteiger partial charge in [0.2, 0.25) is 0 Å². The maximum Gasteiger partial charge on any atom is 0.337 e. The van der Waals surface area contributed by atoms with Crippen molar-refractivity contribution < 1.29 is 9.90 Å². The summed E-state index contributed by atoms with van der Waals surface area (Å²) in [6.45, 7) is 6.13. The third-order valence-electron chi connectivity index (χ3n) is 3.12. The molecule has 0 fully saturated rings. The second-order valence-electron chi connectivity index (χ2n) is 4.66. The third kappa shape index (κ3) is 2.75. The molecule has 20 heavy (non-hydrogen) atoms. The molecule has 0 spiro atoms. The molecular formula is C14H17N3O2S. The van der Waals surface area contributed by atoms with Crippen molar-refractivity contribution in [2.24, 2.45) is 0 Å². The van der Waals surface area contributed by atoms with Crippen LogP contribution in [0.25, 0.3) is 0 Å². The van der Waals surface area contributed by atoms with Crippen LogP contribution in [0.2, 0.25) is 0 Å². The van der Waals surface area contributed by atoms with Gasteiger partial charge in [0.05, 0.1) is 17.3 Å². The van der Waals surface area contributed by atoms with Crippen molar-refractivity contribution in [1.82, 2.24) is 4.98 Å². The summed E-state index contributed by atoms with van der Waals surface area (Å²) in [5.41, 5.74) is 7.25. The molecule has 106 valence electrons. The summed E-state index contributed by atoms with van der Waals surface area (Å²) < 4.78 is 0. The van der Waals surface area contributed by atoms with Crippen molar-refractivity contribution in [2.75, 3.05) is 11.1 Å². The van der Waals surface area contributed by atoms with E-state index in [-0.39, 0.29) is 17.3 Å². The lowest BCUT2D eigenvalue weighted by Crippen LogP contribution is -2.12. The summed E-state index contributed by atoms with van der Waals surface area (Å²) in [6.07, 6.45) is 1.45. The third-order valence-corrected chi connectivity index (χ3v) is 4.10. The Labute approximate surface area is 121 Å². The van der Waals surface area contributed by atoms with Gasteiger partial charge in [0.1, 0.15) is 0 Å². The summed E-state index contributed by atoms with van der Waals surface area (Å²) in [4.78, 5) is 17.7. The molecule has 0 saturated carbocycles. The minimum atomic E-state index is -1.05. The molecule has 4 N–H and O–H groups in total. The van der Waals surface area contributed by atoms with Crippen LogP contribution in [-0.2, 0) is 0 Å². The monoisotopic (exact) mass is 291 g/mol. The van der Waals surface area contributed by atoms with Crippen LogP contribution >= 0.6 is 11.3 Å². The molecular weight excluding hydrogens is 274 g/mol. The average Bonchev–Trinajstić information content (AvgIpc) is 2.70. The van der Waals surface area contributed by atoms with Crippen molar-refractivity contribution in [1.29, 1.82) is 0 Å². The number of aryl methyl sites for hydroxylation is 2. The second kappa shape index (κ2) is 5.50. The Kier molecular flexibility index (Phi) is 3.94. The first-order chi connectivity index (χ1) is 9.40. The van der Waals surface area contributed by atoms with Crippen LogP contribution in [0.4, 0.5) is 11.5 Å². The molecule has 0 aliphatic rings. The molecule has 1 unspecified atom stereocenters. The van der Waals surface area contributed by atoms with E-state index in [1.54, 1.807) is 11.3 Å². The molecule has 0 aromatic carbocycles. The number of nitrogens with one attached hydrogen (secondary N) is 1. The average molecular weight is 291 g/mol. The number of hydrogen-bond acceptors (Lipinski definition) is 5. The minimum Gasteiger partial charge on any atom is -0.478 e. The standard InChI is InChI=1S/C14H17N3O2S/c1-7-6-11(9(3)20-7)8(2)17-13-12(15)10(14(18)19)4-5-16-13/h4-6,8H,15H2,1-3H3,(H,16,17)(H,18,19). The number of hydrogen-bond donors (Lipinski definition) is 3. The van der Waals surface area contributed by atoms with Crippen LogP contribution in [0.1, 0.15) is 38.6 Å². The van der Waals surface area contributed by atoms with Crippen molar-refractivity contribution in [3.63, 3.8) is 0 Å². The fourth-order valence-corrected chi connectivity index (χ4v) is 3.16. The Hall–Kier alpha value is -2.08. The van der Waals surface area contributed by atoms with Gasteiger partial charge >= 0.3 is 5.97 Å². The van der Waals surface area contributed by atoms with Gasteiger partial charge in [0.25, 0.3) is 0 Å². The van der Waals surface area contributed by atoms with Gasteiger partial charge in [-0.25, -0.2) is 9.78 Å². The van der Waals surface area contributed by atoms with Crippen LogP contribution in [0.5, 0.6) is 0 Å². The zero-order valence-corrected chi connectivity index (χ0v) is 12.4. The van der Waals surface area contributed by atoms with Gasteiger partial charge in [-0.1, -0.05) is 0 Å². The number of nitrogens with two attached hydrogens (primary N) is 1. The Morgan fingerprint density at radius 1 is 1.50 bits per heavy atom. The van der Waals surface area contributed by atoms with Gasteiger partial charge in [-0.05, 0) is 38.5 Å². The predicted octanol–water partition coefficient (Wildman–Crippen LogP) is 3.21. The lowest BCUT2D eigenvalue weighted by molar-refractivity contribution is 0.0698. The molecule has 0 amide bonds. The molecule has 2 aromatic heterocycles. The van der Waals surface area contributed by atoms with Gasteiger partial charge in [-0.2, -0.15) is 0 Å². The summed E-state index contributed by atoms with van der Waals surface area (Å²) in [5, 5.41) is 12.2. The van der Waals surface area contributed by atoms with E-state index in [1.807, 2.05) is 6.92 Å². The summed E-state index contributed by atoms with van der Waals surface area (Å²) in [6, 6.07) is 3.53. The van der Waals surface area contributed by atoms with Crippen molar-refractivity contribution >= 4 is 28.8 Å². The normalized spacial score (nSPS) is 12.2. The summed E-state index contributed by atoms with van der Waals surface area (Å²) in [7, 11) is 0. The number of carboxylic acid groups (broad SMARTS) is 1. The fraction of sp³-hybridized carbons (Fsp3) is 0.286. The topological polar surface area (TPSA) is 88.2 Å². The maximum absolute atomic E-state index is 11.1. The van der Waals surface area contributed by atoms with Crippen LogP contribution in [0, 0.1) is 13.8 Å². The zero-order valence-electron chi connectivity index (χ0n) is 11.6. The highest BCUT2D eigenvalue weighted by atomic mass is 32.1.